The summed E-state index contributed by atoms with van der Waals surface area (Å²) >= 11 is 6.54. The van der Waals surface area contributed by atoms with Crippen LogP contribution in [-0.2, 0) is 30.1 Å². The topological polar surface area (TPSA) is 84.8 Å². The van der Waals surface area contributed by atoms with E-state index < -0.39 is 29.9 Å². The lowest BCUT2D eigenvalue weighted by atomic mass is 9.82. The minimum Gasteiger partial charge on any atom is -0.494 e. The van der Waals surface area contributed by atoms with Gasteiger partial charge in [-0.1, -0.05) is 23.7 Å². The summed E-state index contributed by atoms with van der Waals surface area (Å²) in [5.41, 5.74) is 2.10. The zero-order chi connectivity index (χ0) is 27.5. The summed E-state index contributed by atoms with van der Waals surface area (Å²) in [6.07, 6.45) is 2.42. The van der Waals surface area contributed by atoms with Gasteiger partial charge >= 0.3 is 0 Å². The Labute approximate surface area is 235 Å². The Morgan fingerprint density at radius 2 is 1.59 bits per heavy atom. The van der Waals surface area contributed by atoms with Gasteiger partial charge in [0.25, 0.3) is 0 Å². The Hall–Kier alpha value is -1.91. The zero-order valence-corrected chi connectivity index (χ0v) is 23.7. The van der Waals surface area contributed by atoms with Crippen molar-refractivity contribution in [2.75, 3.05) is 40.6 Å². The first-order chi connectivity index (χ1) is 19.0. The molecule has 8 nitrogen and oxygen atoms in total. The van der Waals surface area contributed by atoms with Crippen LogP contribution >= 0.6 is 11.6 Å². The van der Waals surface area contributed by atoms with Crippen LogP contribution in [0.2, 0.25) is 5.02 Å². The molecule has 1 N–H and O–H groups in total. The molecule has 39 heavy (non-hydrogen) atoms. The number of halogens is 1. The molecule has 9 heteroatoms. The highest BCUT2D eigenvalue weighted by atomic mass is 35.5. The maximum atomic E-state index is 10.0. The second kappa shape index (κ2) is 12.3. The summed E-state index contributed by atoms with van der Waals surface area (Å²) in [5.74, 6) is -0.662. The number of aliphatic hydroxyl groups excluding tert-OH is 1. The number of hydrogen-bond acceptors (Lipinski definition) is 8. The fourth-order valence-corrected chi connectivity index (χ4v) is 6.22. The summed E-state index contributed by atoms with van der Waals surface area (Å²) in [7, 11) is 3.25. The normalized spacial score (nSPS) is 32.2. The molecule has 0 amide bonds. The fourth-order valence-electron chi connectivity index (χ4n) is 6.04. The molecule has 3 aliphatic rings. The van der Waals surface area contributed by atoms with Gasteiger partial charge in [0.2, 0.25) is 11.6 Å². The van der Waals surface area contributed by atoms with Gasteiger partial charge in [0.1, 0.15) is 23.7 Å². The summed E-state index contributed by atoms with van der Waals surface area (Å²) in [5, 5.41) is 10.7. The predicted octanol–water partition coefficient (Wildman–Crippen LogP) is 4.76. The van der Waals surface area contributed by atoms with Crippen LogP contribution < -0.4 is 9.47 Å². The van der Waals surface area contributed by atoms with Crippen LogP contribution in [0.1, 0.15) is 43.7 Å². The number of ether oxygens (including phenoxy) is 7. The van der Waals surface area contributed by atoms with Gasteiger partial charge in [0, 0.05) is 38.0 Å². The standard InChI is InChI=1S/C30H39ClO8/c1-4-35-23-9-7-20(8-10-23)15-21-16-24(11-12-25(21)31)36-18-22-19-37-26(17-32)28-27(22)38-29(33-2)13-5-6-14-30(29,34-3)39-28/h7-12,16,22,26-28,32H,4-6,13-15,17-19H2,1-3H3. The predicted molar refractivity (Wildman–Crippen MR) is 145 cm³/mol. The molecule has 2 heterocycles. The Bertz CT molecular complexity index is 1100. The van der Waals surface area contributed by atoms with Crippen molar-refractivity contribution in [3.8, 4) is 11.5 Å². The van der Waals surface area contributed by atoms with Gasteiger partial charge in [-0.25, -0.2) is 0 Å². The van der Waals surface area contributed by atoms with Crippen molar-refractivity contribution in [2.24, 2.45) is 5.92 Å². The quantitative estimate of drug-likeness (QED) is 0.444. The Morgan fingerprint density at radius 3 is 2.23 bits per heavy atom. The van der Waals surface area contributed by atoms with Crippen molar-refractivity contribution in [3.63, 3.8) is 0 Å². The van der Waals surface area contributed by atoms with Crippen molar-refractivity contribution in [1.29, 1.82) is 0 Å². The molecule has 6 unspecified atom stereocenters. The number of methoxy groups -OCH3 is 2. The molecule has 2 aromatic carbocycles. The molecule has 2 saturated heterocycles. The van der Waals surface area contributed by atoms with Gasteiger partial charge in [0.05, 0.1) is 32.5 Å². The lowest BCUT2D eigenvalue weighted by Gasteiger charge is -2.59. The van der Waals surface area contributed by atoms with Crippen LogP contribution in [0.3, 0.4) is 0 Å². The van der Waals surface area contributed by atoms with Crippen molar-refractivity contribution in [2.45, 2.75) is 68.9 Å². The van der Waals surface area contributed by atoms with Crippen molar-refractivity contribution in [1.82, 2.24) is 0 Å². The average molecular weight is 563 g/mol. The van der Waals surface area contributed by atoms with Gasteiger partial charge in [-0.15, -0.1) is 0 Å². The van der Waals surface area contributed by atoms with Crippen LogP contribution in [0.15, 0.2) is 42.5 Å². The molecule has 0 spiro atoms. The number of hydrogen-bond donors (Lipinski definition) is 1. The molecule has 6 atom stereocenters. The lowest BCUT2D eigenvalue weighted by molar-refractivity contribution is -0.486. The summed E-state index contributed by atoms with van der Waals surface area (Å²) in [4.78, 5) is 0. The van der Waals surface area contributed by atoms with Crippen LogP contribution in [0.25, 0.3) is 0 Å². The van der Waals surface area contributed by atoms with E-state index in [1.54, 1.807) is 14.2 Å². The molecule has 2 aliphatic heterocycles. The van der Waals surface area contributed by atoms with E-state index in [0.29, 0.717) is 49.9 Å². The first-order valence-corrected chi connectivity index (χ1v) is 14.2. The van der Waals surface area contributed by atoms with Crippen molar-refractivity contribution >= 4 is 11.6 Å². The monoisotopic (exact) mass is 562 g/mol. The van der Waals surface area contributed by atoms with Gasteiger partial charge < -0.3 is 38.3 Å². The first kappa shape index (κ1) is 28.6. The van der Waals surface area contributed by atoms with Gasteiger partial charge in [-0.2, -0.15) is 0 Å². The van der Waals surface area contributed by atoms with E-state index >= 15 is 0 Å². The van der Waals surface area contributed by atoms with Gasteiger partial charge in [-0.05, 0) is 67.6 Å². The van der Waals surface area contributed by atoms with Crippen molar-refractivity contribution < 1.29 is 38.3 Å². The largest absolute Gasteiger partial charge is 0.494 e. The molecule has 214 valence electrons. The maximum Gasteiger partial charge on any atom is 0.223 e. The highest BCUT2D eigenvalue weighted by Gasteiger charge is 2.65. The fraction of sp³-hybridized carbons (Fsp3) is 0.600. The maximum absolute atomic E-state index is 10.0. The van der Waals surface area contributed by atoms with E-state index in [0.717, 1.165) is 29.7 Å². The first-order valence-electron chi connectivity index (χ1n) is 13.8. The number of fused-ring (bicyclic) bond motifs is 2. The second-order valence-corrected chi connectivity index (χ2v) is 10.8. The molecule has 0 bridgehead atoms. The zero-order valence-electron chi connectivity index (χ0n) is 22.9. The second-order valence-electron chi connectivity index (χ2n) is 10.4. The van der Waals surface area contributed by atoms with E-state index in [-0.39, 0.29) is 12.5 Å². The van der Waals surface area contributed by atoms with E-state index in [4.69, 9.17) is 44.8 Å². The molecule has 1 saturated carbocycles. The molecule has 3 fully saturated rings. The number of aliphatic hydroxyl groups is 1. The Morgan fingerprint density at radius 1 is 0.923 bits per heavy atom. The molecule has 1 aliphatic carbocycles. The third-order valence-electron chi connectivity index (χ3n) is 8.12. The van der Waals surface area contributed by atoms with Crippen molar-refractivity contribution in [3.05, 3.63) is 58.6 Å². The minimum absolute atomic E-state index is 0.146. The number of benzene rings is 2. The lowest BCUT2D eigenvalue weighted by Crippen LogP contribution is -2.73. The van der Waals surface area contributed by atoms with Gasteiger partial charge in [0.15, 0.2) is 0 Å². The summed E-state index contributed by atoms with van der Waals surface area (Å²) in [6.45, 7) is 3.13. The average Bonchev–Trinajstić information content (AvgIpc) is 2.97. The third-order valence-corrected chi connectivity index (χ3v) is 8.49. The van der Waals surface area contributed by atoms with E-state index in [1.807, 2.05) is 49.4 Å². The van der Waals surface area contributed by atoms with E-state index in [2.05, 4.69) is 0 Å². The van der Waals surface area contributed by atoms with Crippen LogP contribution in [-0.4, -0.2) is 75.6 Å². The van der Waals surface area contributed by atoms with Crippen LogP contribution in [0.4, 0.5) is 0 Å². The van der Waals surface area contributed by atoms with E-state index in [9.17, 15) is 5.11 Å². The minimum atomic E-state index is -1.05. The Kier molecular flexibility index (Phi) is 9.03. The summed E-state index contributed by atoms with van der Waals surface area (Å²) in [6, 6.07) is 13.7. The van der Waals surface area contributed by atoms with Gasteiger partial charge in [-0.3, -0.25) is 0 Å². The molecule has 2 aromatic rings. The van der Waals surface area contributed by atoms with Crippen LogP contribution in [0, 0.1) is 5.92 Å². The molecular weight excluding hydrogens is 524 g/mol. The highest BCUT2D eigenvalue weighted by Crippen LogP contribution is 2.51. The smallest absolute Gasteiger partial charge is 0.223 e. The molecule has 0 aromatic heterocycles. The molecular formula is C30H39ClO8. The highest BCUT2D eigenvalue weighted by molar-refractivity contribution is 6.31. The number of rotatable bonds is 10. The third kappa shape index (κ3) is 5.66. The van der Waals surface area contributed by atoms with Crippen LogP contribution in [0.5, 0.6) is 11.5 Å². The Balaban J connectivity index is 1.30. The SMILES string of the molecule is CCOc1ccc(Cc2cc(OCC3COC(CO)C4OC5(OC)CCCCC5(OC)OC34)ccc2Cl)cc1. The summed E-state index contributed by atoms with van der Waals surface area (Å²) < 4.78 is 43.1. The van der Waals surface area contributed by atoms with E-state index in [1.165, 1.54) is 0 Å². The molecule has 0 radical (unpaired) electrons. The molecule has 5 rings (SSSR count).